The molecule has 3 nitrogen and oxygen atoms in total. The van der Waals surface area contributed by atoms with E-state index in [9.17, 15) is 4.79 Å². The second kappa shape index (κ2) is 4.24. The zero-order valence-corrected chi connectivity index (χ0v) is 14.0. The van der Waals surface area contributed by atoms with E-state index in [1.165, 1.54) is 38.5 Å². The number of amides is 1. The number of carbonyl (C=O) groups excluding carboxylic acids is 1. The van der Waals surface area contributed by atoms with Crippen LogP contribution in [0.4, 0.5) is 0 Å². The number of hydrogen-bond acceptors (Lipinski definition) is 1. The SMILES string of the molecule is C[NH+]1CCN(C(=O)C23CC4C[C@@](C)(C2)C[C@](C)(C4)C3)CC1. The van der Waals surface area contributed by atoms with E-state index in [2.05, 4.69) is 25.8 Å². The van der Waals surface area contributed by atoms with Crippen molar-refractivity contribution in [2.45, 2.75) is 52.4 Å². The van der Waals surface area contributed by atoms with Gasteiger partial charge in [-0.25, -0.2) is 0 Å². The molecule has 2 unspecified atom stereocenters. The van der Waals surface area contributed by atoms with Crippen molar-refractivity contribution < 1.29 is 9.69 Å². The normalized spacial score (nSPS) is 49.7. The molecule has 0 spiro atoms. The zero-order chi connectivity index (χ0) is 14.9. The van der Waals surface area contributed by atoms with Crippen LogP contribution in [0.3, 0.4) is 0 Å². The number of rotatable bonds is 1. The Morgan fingerprint density at radius 3 is 2.10 bits per heavy atom. The molecule has 0 radical (unpaired) electrons. The minimum atomic E-state index is 0.00810. The highest BCUT2D eigenvalue weighted by molar-refractivity contribution is 5.83. The van der Waals surface area contributed by atoms with Crippen LogP contribution in [0.1, 0.15) is 52.4 Å². The van der Waals surface area contributed by atoms with Crippen LogP contribution in [-0.2, 0) is 4.79 Å². The number of nitrogens with one attached hydrogen (secondary N) is 1. The Hall–Kier alpha value is -0.570. The van der Waals surface area contributed by atoms with Gasteiger partial charge in [0, 0.05) is 0 Å². The second-order valence-electron chi connectivity index (χ2n) is 9.66. The van der Waals surface area contributed by atoms with Gasteiger partial charge in [-0.15, -0.1) is 0 Å². The summed E-state index contributed by atoms with van der Waals surface area (Å²) in [4.78, 5) is 17.1. The smallest absolute Gasteiger partial charge is 0.229 e. The topological polar surface area (TPSA) is 24.8 Å². The van der Waals surface area contributed by atoms with Crippen molar-refractivity contribution in [3.05, 3.63) is 0 Å². The van der Waals surface area contributed by atoms with Crippen LogP contribution in [0, 0.1) is 22.2 Å². The fourth-order valence-electron chi connectivity index (χ4n) is 7.11. The van der Waals surface area contributed by atoms with Crippen LogP contribution < -0.4 is 4.90 Å². The third kappa shape index (κ3) is 2.15. The lowest BCUT2D eigenvalue weighted by molar-refractivity contribution is -0.883. The van der Waals surface area contributed by atoms with Gasteiger partial charge in [0.25, 0.3) is 0 Å². The third-order valence-corrected chi connectivity index (χ3v) is 6.98. The fourth-order valence-corrected chi connectivity index (χ4v) is 7.11. The van der Waals surface area contributed by atoms with E-state index in [1.807, 2.05) is 0 Å². The maximum absolute atomic E-state index is 13.4. The number of carbonyl (C=O) groups is 1. The molecule has 1 aliphatic heterocycles. The van der Waals surface area contributed by atoms with Crippen LogP contribution in [0.15, 0.2) is 0 Å². The molecule has 3 heteroatoms. The average Bonchev–Trinajstić information content (AvgIpc) is 2.34. The largest absolute Gasteiger partial charge is 0.334 e. The fraction of sp³-hybridized carbons (Fsp3) is 0.944. The van der Waals surface area contributed by atoms with Gasteiger partial charge >= 0.3 is 0 Å². The van der Waals surface area contributed by atoms with Gasteiger partial charge in [0.1, 0.15) is 0 Å². The Bertz CT molecular complexity index is 448. The predicted octanol–water partition coefficient (Wildman–Crippen LogP) is 1.34. The molecule has 1 N–H and O–H groups in total. The van der Waals surface area contributed by atoms with E-state index in [-0.39, 0.29) is 5.41 Å². The Morgan fingerprint density at radius 2 is 1.57 bits per heavy atom. The molecule has 1 heterocycles. The van der Waals surface area contributed by atoms with E-state index in [4.69, 9.17) is 0 Å². The van der Waals surface area contributed by atoms with Gasteiger partial charge < -0.3 is 9.80 Å². The summed E-state index contributed by atoms with van der Waals surface area (Å²) in [7, 11) is 2.24. The lowest BCUT2D eigenvalue weighted by Crippen LogP contribution is -3.12. The summed E-state index contributed by atoms with van der Waals surface area (Å²) < 4.78 is 0. The van der Waals surface area contributed by atoms with Crippen molar-refractivity contribution in [1.29, 1.82) is 0 Å². The molecule has 1 saturated heterocycles. The molecule has 4 saturated carbocycles. The number of likely N-dealkylation sites (N-methyl/N-ethyl adjacent to an activating group) is 1. The lowest BCUT2D eigenvalue weighted by atomic mass is 9.40. The maximum Gasteiger partial charge on any atom is 0.229 e. The van der Waals surface area contributed by atoms with Gasteiger partial charge in [-0.2, -0.15) is 0 Å². The highest BCUT2D eigenvalue weighted by Crippen LogP contribution is 2.69. The van der Waals surface area contributed by atoms with Crippen molar-refractivity contribution in [3.63, 3.8) is 0 Å². The minimum absolute atomic E-state index is 0.00810. The molecule has 4 atom stereocenters. The molecule has 1 amide bonds. The molecular formula is C18H31N2O+. The maximum atomic E-state index is 13.4. The van der Waals surface area contributed by atoms with Gasteiger partial charge in [0.2, 0.25) is 5.91 Å². The van der Waals surface area contributed by atoms with Crippen molar-refractivity contribution >= 4 is 5.91 Å². The first-order valence-corrected chi connectivity index (χ1v) is 8.92. The lowest BCUT2D eigenvalue weighted by Gasteiger charge is -2.65. The standard InChI is InChI=1S/C18H30N2O/c1-16-8-14-9-17(2,11-16)13-18(10-14,12-16)15(21)20-6-4-19(3)5-7-20/h14H,4-13H2,1-3H3/p+1/t14?,16-,17+,18?. The van der Waals surface area contributed by atoms with Gasteiger partial charge in [0.15, 0.2) is 0 Å². The van der Waals surface area contributed by atoms with Crippen LogP contribution >= 0.6 is 0 Å². The molecule has 0 aromatic heterocycles. The van der Waals surface area contributed by atoms with E-state index >= 15 is 0 Å². The Labute approximate surface area is 129 Å². The third-order valence-electron chi connectivity index (χ3n) is 6.98. The van der Waals surface area contributed by atoms with Gasteiger partial charge in [-0.1, -0.05) is 13.8 Å². The highest BCUT2D eigenvalue weighted by atomic mass is 16.2. The first-order valence-electron chi connectivity index (χ1n) is 8.92. The summed E-state index contributed by atoms with van der Waals surface area (Å²) in [6, 6.07) is 0. The predicted molar refractivity (Wildman–Crippen MR) is 83.0 cm³/mol. The summed E-state index contributed by atoms with van der Waals surface area (Å²) in [6.45, 7) is 9.13. The molecule has 0 aromatic rings. The zero-order valence-electron chi connectivity index (χ0n) is 14.0. The molecule has 5 fully saturated rings. The molecule has 118 valence electrons. The summed E-state index contributed by atoms with van der Waals surface area (Å²) in [6.07, 6.45) is 7.65. The monoisotopic (exact) mass is 291 g/mol. The molecular weight excluding hydrogens is 260 g/mol. The van der Waals surface area contributed by atoms with Crippen LogP contribution in [0.5, 0.6) is 0 Å². The Balaban J connectivity index is 1.60. The first kappa shape index (κ1) is 14.0. The van der Waals surface area contributed by atoms with Crippen LogP contribution in [0.25, 0.3) is 0 Å². The number of piperazine rings is 1. The average molecular weight is 291 g/mol. The van der Waals surface area contributed by atoms with E-state index < -0.39 is 0 Å². The van der Waals surface area contributed by atoms with E-state index in [0.29, 0.717) is 16.7 Å². The van der Waals surface area contributed by atoms with Crippen LogP contribution in [0.2, 0.25) is 0 Å². The summed E-state index contributed by atoms with van der Waals surface area (Å²) in [5.74, 6) is 1.34. The summed E-state index contributed by atoms with van der Waals surface area (Å²) in [5.41, 5.74) is 0.900. The minimum Gasteiger partial charge on any atom is -0.334 e. The summed E-state index contributed by atoms with van der Waals surface area (Å²) in [5, 5.41) is 0. The van der Waals surface area contributed by atoms with Crippen molar-refractivity contribution in [2.24, 2.45) is 22.2 Å². The molecule has 4 bridgehead atoms. The van der Waals surface area contributed by atoms with Gasteiger partial charge in [0.05, 0.1) is 38.6 Å². The van der Waals surface area contributed by atoms with E-state index in [1.54, 1.807) is 4.90 Å². The second-order valence-corrected chi connectivity index (χ2v) is 9.66. The molecule has 4 aliphatic carbocycles. The van der Waals surface area contributed by atoms with Gasteiger partial charge in [-0.3, -0.25) is 4.79 Å². The number of nitrogens with zero attached hydrogens (tertiary/aromatic N) is 1. The van der Waals surface area contributed by atoms with Crippen LogP contribution in [-0.4, -0.2) is 44.0 Å². The molecule has 5 aliphatic rings. The number of quaternary nitrogens is 1. The highest BCUT2D eigenvalue weighted by Gasteiger charge is 2.63. The van der Waals surface area contributed by atoms with E-state index in [0.717, 1.165) is 32.1 Å². The quantitative estimate of drug-likeness (QED) is 0.775. The Morgan fingerprint density at radius 1 is 1.00 bits per heavy atom. The van der Waals surface area contributed by atoms with Crippen molar-refractivity contribution in [3.8, 4) is 0 Å². The van der Waals surface area contributed by atoms with Crippen molar-refractivity contribution in [2.75, 3.05) is 33.2 Å². The molecule has 0 aromatic carbocycles. The van der Waals surface area contributed by atoms with Gasteiger partial charge in [-0.05, 0) is 55.3 Å². The Kier molecular flexibility index (Phi) is 2.84. The summed E-state index contributed by atoms with van der Waals surface area (Å²) >= 11 is 0. The molecule has 5 rings (SSSR count). The first-order chi connectivity index (χ1) is 9.82. The number of hydrogen-bond donors (Lipinski definition) is 1. The molecule has 21 heavy (non-hydrogen) atoms. The van der Waals surface area contributed by atoms with Crippen molar-refractivity contribution in [1.82, 2.24) is 4.90 Å².